The summed E-state index contributed by atoms with van der Waals surface area (Å²) >= 11 is 0. The van der Waals surface area contributed by atoms with Crippen LogP contribution in [0, 0.1) is 0 Å². The van der Waals surface area contributed by atoms with Crippen molar-refractivity contribution in [3.63, 3.8) is 0 Å². The topological polar surface area (TPSA) is 47.7 Å². The second-order valence-electron chi connectivity index (χ2n) is 4.23. The maximum absolute atomic E-state index is 5.98. The first kappa shape index (κ1) is 12.2. The third kappa shape index (κ3) is 2.53. The third-order valence-corrected chi connectivity index (χ3v) is 3.18. The summed E-state index contributed by atoms with van der Waals surface area (Å²) in [6, 6.07) is 7.91. The van der Waals surface area contributed by atoms with E-state index in [0.29, 0.717) is 6.61 Å². The van der Waals surface area contributed by atoms with Crippen molar-refractivity contribution in [1.29, 1.82) is 0 Å². The number of nitrogens with two attached hydrogens (primary N) is 1. The number of rotatable bonds is 4. The molecule has 1 fully saturated rings. The Morgan fingerprint density at radius 3 is 2.65 bits per heavy atom. The summed E-state index contributed by atoms with van der Waals surface area (Å²) in [6.07, 6.45) is 0.249. The molecule has 2 atom stereocenters. The van der Waals surface area contributed by atoms with Crippen LogP contribution in [0.5, 0.6) is 0 Å². The average molecular weight is 236 g/mol. The first-order chi connectivity index (χ1) is 8.26. The molecular formula is C13H20N2O2. The van der Waals surface area contributed by atoms with E-state index in [-0.39, 0.29) is 12.2 Å². The average Bonchev–Trinajstić information content (AvgIpc) is 2.73. The molecule has 0 saturated carbocycles. The number of para-hydroxylation sites is 2. The molecule has 0 aliphatic carbocycles. The molecule has 1 aliphatic heterocycles. The Morgan fingerprint density at radius 1 is 1.29 bits per heavy atom. The summed E-state index contributed by atoms with van der Waals surface area (Å²) in [7, 11) is 1.73. The van der Waals surface area contributed by atoms with Gasteiger partial charge in [0.25, 0.3) is 0 Å². The van der Waals surface area contributed by atoms with Crippen molar-refractivity contribution >= 4 is 11.4 Å². The first-order valence-electron chi connectivity index (χ1n) is 6.00. The normalized spacial score (nSPS) is 24.2. The molecule has 0 bridgehead atoms. The highest BCUT2D eigenvalue weighted by Gasteiger charge is 2.33. The molecule has 1 heterocycles. The van der Waals surface area contributed by atoms with Crippen LogP contribution in [0.1, 0.15) is 6.92 Å². The number of anilines is 2. The quantitative estimate of drug-likeness (QED) is 0.805. The molecule has 1 aromatic carbocycles. The van der Waals surface area contributed by atoms with Crippen LogP contribution in [-0.2, 0) is 9.47 Å². The van der Waals surface area contributed by atoms with E-state index >= 15 is 0 Å². The molecule has 2 rings (SSSR count). The van der Waals surface area contributed by atoms with Crippen molar-refractivity contribution in [2.45, 2.75) is 19.1 Å². The molecular weight excluding hydrogens is 216 g/mol. The van der Waals surface area contributed by atoms with Crippen LogP contribution in [0.4, 0.5) is 11.4 Å². The van der Waals surface area contributed by atoms with E-state index in [1.54, 1.807) is 7.11 Å². The standard InChI is InChI=1S/C13H20N2O2/c1-3-17-13-9-15(8-12(13)16-2)11-7-5-4-6-10(11)14/h4-7,12-13H,3,8-9,14H2,1-2H3/t12-,13-/m0/s1. The second-order valence-corrected chi connectivity index (χ2v) is 4.23. The highest BCUT2D eigenvalue weighted by Crippen LogP contribution is 2.28. The molecule has 4 heteroatoms. The Hall–Kier alpha value is -1.26. The summed E-state index contributed by atoms with van der Waals surface area (Å²) in [6.45, 7) is 4.38. The van der Waals surface area contributed by atoms with Crippen LogP contribution in [0.3, 0.4) is 0 Å². The van der Waals surface area contributed by atoms with E-state index < -0.39 is 0 Å². The fourth-order valence-corrected chi connectivity index (χ4v) is 2.32. The van der Waals surface area contributed by atoms with Crippen LogP contribution in [0.15, 0.2) is 24.3 Å². The SMILES string of the molecule is CCO[C@H]1CN(c2ccccc2N)C[C@@H]1OC. The van der Waals surface area contributed by atoms with Gasteiger partial charge in [0.1, 0.15) is 12.2 Å². The maximum atomic E-state index is 5.98. The predicted octanol–water partition coefficient (Wildman–Crippen LogP) is 1.51. The van der Waals surface area contributed by atoms with E-state index in [1.807, 2.05) is 31.2 Å². The van der Waals surface area contributed by atoms with E-state index in [0.717, 1.165) is 24.5 Å². The van der Waals surface area contributed by atoms with Gasteiger partial charge >= 0.3 is 0 Å². The number of ether oxygens (including phenoxy) is 2. The summed E-state index contributed by atoms with van der Waals surface area (Å²) < 4.78 is 11.2. The van der Waals surface area contributed by atoms with Crippen molar-refractivity contribution in [2.75, 3.05) is 37.4 Å². The summed E-state index contributed by atoms with van der Waals surface area (Å²) in [5.74, 6) is 0. The molecule has 0 unspecified atom stereocenters. The zero-order chi connectivity index (χ0) is 12.3. The third-order valence-electron chi connectivity index (χ3n) is 3.18. The number of nitrogens with zero attached hydrogens (tertiary/aromatic N) is 1. The van der Waals surface area contributed by atoms with Gasteiger partial charge in [-0.25, -0.2) is 0 Å². The number of hydrogen-bond acceptors (Lipinski definition) is 4. The summed E-state index contributed by atoms with van der Waals surface area (Å²) in [5, 5.41) is 0. The lowest BCUT2D eigenvalue weighted by molar-refractivity contribution is -0.0232. The Kier molecular flexibility index (Phi) is 3.86. The van der Waals surface area contributed by atoms with Crippen LogP contribution < -0.4 is 10.6 Å². The van der Waals surface area contributed by atoms with Gasteiger partial charge in [0.15, 0.2) is 0 Å². The van der Waals surface area contributed by atoms with E-state index in [4.69, 9.17) is 15.2 Å². The molecule has 17 heavy (non-hydrogen) atoms. The van der Waals surface area contributed by atoms with E-state index in [1.165, 1.54) is 0 Å². The second kappa shape index (κ2) is 5.38. The molecule has 0 aromatic heterocycles. The van der Waals surface area contributed by atoms with Gasteiger partial charge in [0.05, 0.1) is 11.4 Å². The van der Waals surface area contributed by atoms with E-state index in [9.17, 15) is 0 Å². The minimum absolute atomic E-state index is 0.120. The van der Waals surface area contributed by atoms with Gasteiger partial charge in [-0.2, -0.15) is 0 Å². The largest absolute Gasteiger partial charge is 0.397 e. The number of benzene rings is 1. The fourth-order valence-electron chi connectivity index (χ4n) is 2.32. The Labute approximate surface area is 102 Å². The molecule has 2 N–H and O–H groups in total. The molecule has 0 amide bonds. The van der Waals surface area contributed by atoms with Gasteiger partial charge in [-0.15, -0.1) is 0 Å². The van der Waals surface area contributed by atoms with Gasteiger partial charge in [-0.3, -0.25) is 0 Å². The fraction of sp³-hybridized carbons (Fsp3) is 0.538. The highest BCUT2D eigenvalue weighted by molar-refractivity contribution is 5.67. The van der Waals surface area contributed by atoms with Gasteiger partial charge in [0.2, 0.25) is 0 Å². The Balaban J connectivity index is 2.12. The van der Waals surface area contributed by atoms with Crippen LogP contribution in [0.2, 0.25) is 0 Å². The molecule has 0 radical (unpaired) electrons. The first-order valence-corrected chi connectivity index (χ1v) is 6.00. The minimum atomic E-state index is 0.120. The highest BCUT2D eigenvalue weighted by atomic mass is 16.5. The van der Waals surface area contributed by atoms with Crippen LogP contribution in [0.25, 0.3) is 0 Å². The lowest BCUT2D eigenvalue weighted by Crippen LogP contribution is -2.28. The zero-order valence-electron chi connectivity index (χ0n) is 10.4. The number of hydrogen-bond donors (Lipinski definition) is 1. The molecule has 94 valence electrons. The summed E-state index contributed by atoms with van der Waals surface area (Å²) in [4.78, 5) is 2.23. The van der Waals surface area contributed by atoms with Crippen LogP contribution in [-0.4, -0.2) is 39.0 Å². The maximum Gasteiger partial charge on any atom is 0.103 e. The lowest BCUT2D eigenvalue weighted by atomic mass is 10.2. The molecule has 0 spiro atoms. The van der Waals surface area contributed by atoms with Crippen molar-refractivity contribution in [2.24, 2.45) is 0 Å². The van der Waals surface area contributed by atoms with Crippen molar-refractivity contribution in [3.05, 3.63) is 24.3 Å². The molecule has 1 aromatic rings. The van der Waals surface area contributed by atoms with Gasteiger partial charge < -0.3 is 20.1 Å². The van der Waals surface area contributed by atoms with Crippen molar-refractivity contribution < 1.29 is 9.47 Å². The predicted molar refractivity (Wildman–Crippen MR) is 69.3 cm³/mol. The van der Waals surface area contributed by atoms with Gasteiger partial charge in [-0.1, -0.05) is 12.1 Å². The monoisotopic (exact) mass is 236 g/mol. The zero-order valence-corrected chi connectivity index (χ0v) is 10.4. The number of nitrogen functional groups attached to an aromatic ring is 1. The smallest absolute Gasteiger partial charge is 0.103 e. The molecule has 4 nitrogen and oxygen atoms in total. The molecule has 1 aliphatic rings. The number of methoxy groups -OCH3 is 1. The Bertz CT molecular complexity index is 370. The minimum Gasteiger partial charge on any atom is -0.397 e. The van der Waals surface area contributed by atoms with Gasteiger partial charge in [0, 0.05) is 26.8 Å². The summed E-state index contributed by atoms with van der Waals surface area (Å²) in [5.41, 5.74) is 7.85. The Morgan fingerprint density at radius 2 is 2.00 bits per heavy atom. The van der Waals surface area contributed by atoms with Crippen molar-refractivity contribution in [1.82, 2.24) is 0 Å². The van der Waals surface area contributed by atoms with E-state index in [2.05, 4.69) is 4.90 Å². The molecule has 1 saturated heterocycles. The van der Waals surface area contributed by atoms with Crippen molar-refractivity contribution in [3.8, 4) is 0 Å². The van der Waals surface area contributed by atoms with Gasteiger partial charge in [-0.05, 0) is 19.1 Å². The lowest BCUT2D eigenvalue weighted by Gasteiger charge is -2.19. The van der Waals surface area contributed by atoms with Crippen LogP contribution >= 0.6 is 0 Å².